The molecule has 0 radical (unpaired) electrons. The lowest BCUT2D eigenvalue weighted by atomic mass is 10.2. The molecule has 2 aromatic carbocycles. The van der Waals surface area contributed by atoms with E-state index in [0.717, 1.165) is 15.9 Å². The summed E-state index contributed by atoms with van der Waals surface area (Å²) in [4.78, 5) is 19.2. The fraction of sp³-hybridized carbons (Fsp3) is 0. The van der Waals surface area contributed by atoms with E-state index >= 15 is 0 Å². The summed E-state index contributed by atoms with van der Waals surface area (Å²) < 4.78 is 0. The van der Waals surface area contributed by atoms with E-state index in [0.29, 0.717) is 15.2 Å². The van der Waals surface area contributed by atoms with Crippen molar-refractivity contribution in [3.63, 3.8) is 0 Å². The van der Waals surface area contributed by atoms with Gasteiger partial charge in [0, 0.05) is 4.90 Å². The van der Waals surface area contributed by atoms with Crippen molar-refractivity contribution in [2.24, 2.45) is 0 Å². The molecule has 1 aromatic heterocycles. The summed E-state index contributed by atoms with van der Waals surface area (Å²) in [5.74, 6) is -0.945. The van der Waals surface area contributed by atoms with E-state index in [1.165, 1.54) is 11.8 Å². The van der Waals surface area contributed by atoms with Crippen molar-refractivity contribution < 1.29 is 9.90 Å². The van der Waals surface area contributed by atoms with E-state index in [4.69, 9.17) is 28.3 Å². The average molecular weight is 339 g/mol. The third-order valence-electron chi connectivity index (χ3n) is 2.82. The van der Waals surface area contributed by atoms with Gasteiger partial charge in [0.1, 0.15) is 0 Å². The number of aromatic amines is 1. The minimum atomic E-state index is -0.945. The zero-order chi connectivity index (χ0) is 15.0. The molecule has 0 fully saturated rings. The van der Waals surface area contributed by atoms with Crippen molar-refractivity contribution in [1.29, 1.82) is 0 Å². The summed E-state index contributed by atoms with van der Waals surface area (Å²) in [5.41, 5.74) is 1.78. The molecule has 7 heteroatoms. The highest BCUT2D eigenvalue weighted by Gasteiger charge is 2.08. The first kappa shape index (κ1) is 14.3. The maximum absolute atomic E-state index is 10.8. The number of carboxylic acids is 1. The molecule has 3 aromatic rings. The van der Waals surface area contributed by atoms with Crippen LogP contribution in [0, 0.1) is 0 Å². The van der Waals surface area contributed by atoms with Crippen LogP contribution in [-0.4, -0.2) is 21.0 Å². The smallest absolute Gasteiger partial charge is 0.335 e. The number of aromatic nitrogens is 2. The number of aromatic carboxylic acids is 1. The Labute approximate surface area is 134 Å². The van der Waals surface area contributed by atoms with Crippen LogP contribution >= 0.6 is 35.0 Å². The SMILES string of the molecule is O=C(O)c1ccc(Sc2nc3cc(Cl)c(Cl)cc3[nH]2)cc1. The summed E-state index contributed by atoms with van der Waals surface area (Å²) in [6, 6.07) is 10.0. The zero-order valence-corrected chi connectivity index (χ0v) is 12.8. The van der Waals surface area contributed by atoms with Crippen molar-refractivity contribution >= 4 is 52.0 Å². The van der Waals surface area contributed by atoms with Crippen molar-refractivity contribution in [2.45, 2.75) is 10.1 Å². The van der Waals surface area contributed by atoms with Crippen LogP contribution in [-0.2, 0) is 0 Å². The van der Waals surface area contributed by atoms with Crippen LogP contribution in [0.3, 0.4) is 0 Å². The molecule has 0 unspecified atom stereocenters. The number of hydrogen-bond acceptors (Lipinski definition) is 3. The van der Waals surface area contributed by atoms with E-state index in [-0.39, 0.29) is 5.56 Å². The van der Waals surface area contributed by atoms with Crippen LogP contribution in [0.1, 0.15) is 10.4 Å². The van der Waals surface area contributed by atoms with Gasteiger partial charge in [0.15, 0.2) is 5.16 Å². The van der Waals surface area contributed by atoms with E-state index in [2.05, 4.69) is 9.97 Å². The molecule has 2 N–H and O–H groups in total. The largest absolute Gasteiger partial charge is 0.478 e. The number of hydrogen-bond donors (Lipinski definition) is 2. The average Bonchev–Trinajstić information content (AvgIpc) is 2.81. The van der Waals surface area contributed by atoms with Crippen LogP contribution in [0.25, 0.3) is 11.0 Å². The first-order valence-electron chi connectivity index (χ1n) is 5.89. The van der Waals surface area contributed by atoms with Gasteiger partial charge in [-0.1, -0.05) is 35.0 Å². The Hall–Kier alpha value is -1.69. The summed E-state index contributed by atoms with van der Waals surface area (Å²) in [6.07, 6.45) is 0. The van der Waals surface area contributed by atoms with Crippen LogP contribution in [0.5, 0.6) is 0 Å². The standard InChI is InChI=1S/C14H8Cl2N2O2S/c15-9-5-11-12(6-10(9)16)18-14(17-11)21-8-3-1-7(2-4-8)13(19)20/h1-6H,(H,17,18)(H,19,20). The van der Waals surface area contributed by atoms with Crippen LogP contribution in [0.15, 0.2) is 46.5 Å². The van der Waals surface area contributed by atoms with Crippen molar-refractivity contribution in [3.05, 3.63) is 52.0 Å². The van der Waals surface area contributed by atoms with Crippen molar-refractivity contribution in [1.82, 2.24) is 9.97 Å². The number of carbonyl (C=O) groups is 1. The van der Waals surface area contributed by atoms with Gasteiger partial charge in [-0.25, -0.2) is 9.78 Å². The molecule has 0 aliphatic carbocycles. The number of benzene rings is 2. The highest BCUT2D eigenvalue weighted by atomic mass is 35.5. The first-order chi connectivity index (χ1) is 10.0. The number of nitrogens with zero attached hydrogens (tertiary/aromatic N) is 1. The first-order valence-corrected chi connectivity index (χ1v) is 7.46. The maximum atomic E-state index is 10.8. The molecule has 0 aliphatic heterocycles. The summed E-state index contributed by atoms with van der Waals surface area (Å²) in [7, 11) is 0. The molecular formula is C14H8Cl2N2O2S. The second kappa shape index (κ2) is 5.60. The Morgan fingerprint density at radius 2 is 1.81 bits per heavy atom. The van der Waals surface area contributed by atoms with Gasteiger partial charge >= 0.3 is 5.97 Å². The Kier molecular flexibility index (Phi) is 3.80. The molecule has 0 spiro atoms. The molecule has 0 saturated carbocycles. The Bertz CT molecular complexity index is 792. The molecule has 0 saturated heterocycles. The van der Waals surface area contributed by atoms with Crippen LogP contribution in [0.2, 0.25) is 10.0 Å². The Morgan fingerprint density at radius 3 is 2.48 bits per heavy atom. The number of fused-ring (bicyclic) bond motifs is 1. The number of H-pyrrole nitrogens is 1. The minimum Gasteiger partial charge on any atom is -0.478 e. The quantitative estimate of drug-likeness (QED) is 0.725. The Balaban J connectivity index is 1.89. The monoisotopic (exact) mass is 338 g/mol. The summed E-state index contributed by atoms with van der Waals surface area (Å²) >= 11 is 13.3. The van der Waals surface area contributed by atoms with Gasteiger partial charge in [-0.05, 0) is 36.4 Å². The highest BCUT2D eigenvalue weighted by Crippen LogP contribution is 2.31. The number of halogens is 2. The molecular weight excluding hydrogens is 331 g/mol. The second-order valence-electron chi connectivity index (χ2n) is 4.26. The summed E-state index contributed by atoms with van der Waals surface area (Å²) in [6.45, 7) is 0. The highest BCUT2D eigenvalue weighted by molar-refractivity contribution is 7.99. The predicted molar refractivity (Wildman–Crippen MR) is 83.6 cm³/mol. The molecule has 0 bridgehead atoms. The molecule has 0 atom stereocenters. The lowest BCUT2D eigenvalue weighted by Crippen LogP contribution is -1.94. The third-order valence-corrected chi connectivity index (χ3v) is 4.43. The molecule has 1 heterocycles. The predicted octanol–water partition coefficient (Wildman–Crippen LogP) is 4.72. The fourth-order valence-corrected chi connectivity index (χ4v) is 2.93. The van der Waals surface area contributed by atoms with Gasteiger partial charge in [-0.3, -0.25) is 0 Å². The molecule has 106 valence electrons. The van der Waals surface area contributed by atoms with Gasteiger partial charge in [-0.2, -0.15) is 0 Å². The summed E-state index contributed by atoms with van der Waals surface area (Å²) in [5, 5.41) is 10.5. The van der Waals surface area contributed by atoms with E-state index in [1.807, 2.05) is 0 Å². The minimum absolute atomic E-state index is 0.252. The van der Waals surface area contributed by atoms with Crippen LogP contribution in [0.4, 0.5) is 0 Å². The van der Waals surface area contributed by atoms with E-state index in [9.17, 15) is 4.79 Å². The molecule has 3 rings (SSSR count). The Morgan fingerprint density at radius 1 is 1.14 bits per heavy atom. The topological polar surface area (TPSA) is 66.0 Å². The number of carboxylic acid groups (broad SMARTS) is 1. The molecule has 21 heavy (non-hydrogen) atoms. The van der Waals surface area contributed by atoms with Gasteiger partial charge in [0.2, 0.25) is 0 Å². The number of imidazole rings is 1. The van der Waals surface area contributed by atoms with E-state index < -0.39 is 5.97 Å². The van der Waals surface area contributed by atoms with Gasteiger partial charge < -0.3 is 10.1 Å². The lowest BCUT2D eigenvalue weighted by molar-refractivity contribution is 0.0697. The van der Waals surface area contributed by atoms with Gasteiger partial charge in [0.05, 0.1) is 26.6 Å². The lowest BCUT2D eigenvalue weighted by Gasteiger charge is -1.98. The normalized spacial score (nSPS) is 11.0. The number of rotatable bonds is 3. The molecule has 0 amide bonds. The second-order valence-corrected chi connectivity index (χ2v) is 6.13. The van der Waals surface area contributed by atoms with Gasteiger partial charge in [-0.15, -0.1) is 0 Å². The van der Waals surface area contributed by atoms with Gasteiger partial charge in [0.25, 0.3) is 0 Å². The van der Waals surface area contributed by atoms with Crippen molar-refractivity contribution in [3.8, 4) is 0 Å². The van der Waals surface area contributed by atoms with E-state index in [1.54, 1.807) is 36.4 Å². The maximum Gasteiger partial charge on any atom is 0.335 e. The van der Waals surface area contributed by atoms with Crippen molar-refractivity contribution in [2.75, 3.05) is 0 Å². The third kappa shape index (κ3) is 3.00. The fourth-order valence-electron chi connectivity index (χ4n) is 1.81. The zero-order valence-electron chi connectivity index (χ0n) is 10.4. The number of nitrogens with one attached hydrogen (secondary N) is 1. The van der Waals surface area contributed by atoms with Crippen LogP contribution < -0.4 is 0 Å². The molecule has 0 aliphatic rings. The molecule has 4 nitrogen and oxygen atoms in total.